The third-order valence-corrected chi connectivity index (χ3v) is 4.91. The molecule has 3 heterocycles. The largest absolute Gasteiger partial charge is 0.386 e. The lowest BCUT2D eigenvalue weighted by Crippen LogP contribution is -2.54. The Balaban J connectivity index is 1.82. The van der Waals surface area contributed by atoms with Gasteiger partial charge in [-0.1, -0.05) is 0 Å². The summed E-state index contributed by atoms with van der Waals surface area (Å²) in [6, 6.07) is 5.87. The van der Waals surface area contributed by atoms with E-state index in [2.05, 4.69) is 14.9 Å². The van der Waals surface area contributed by atoms with Gasteiger partial charge in [-0.15, -0.1) is 0 Å². The first-order valence-electron chi connectivity index (χ1n) is 9.06. The second kappa shape index (κ2) is 7.55. The van der Waals surface area contributed by atoms with Crippen LogP contribution in [0.15, 0.2) is 24.4 Å². The van der Waals surface area contributed by atoms with Gasteiger partial charge in [0.05, 0.1) is 23.3 Å². The molecule has 140 valence electrons. The van der Waals surface area contributed by atoms with Gasteiger partial charge in [0.15, 0.2) is 0 Å². The molecule has 2 aromatic rings. The normalized spacial score (nSPS) is 20.4. The number of anilines is 1. The Hall–Kier alpha value is -2.25. The van der Waals surface area contributed by atoms with Gasteiger partial charge < -0.3 is 20.6 Å². The SMILES string of the molecule is Cc1ccc2nccc(N3CCCC(O)(CN(C)C(=O)CCN)C3)c2n1. The van der Waals surface area contributed by atoms with Crippen molar-refractivity contribution >= 4 is 22.6 Å². The van der Waals surface area contributed by atoms with Crippen molar-refractivity contribution < 1.29 is 9.90 Å². The highest BCUT2D eigenvalue weighted by molar-refractivity contribution is 5.88. The number of hydrogen-bond acceptors (Lipinski definition) is 6. The first kappa shape index (κ1) is 18.5. The predicted octanol–water partition coefficient (Wildman–Crippen LogP) is 1.08. The Bertz CT molecular complexity index is 797. The number of nitrogens with two attached hydrogens (primary N) is 1. The summed E-state index contributed by atoms with van der Waals surface area (Å²) in [5.74, 6) is -0.0373. The van der Waals surface area contributed by atoms with Crippen molar-refractivity contribution in [1.82, 2.24) is 14.9 Å². The fourth-order valence-electron chi connectivity index (χ4n) is 3.66. The molecule has 1 atom stereocenters. The highest BCUT2D eigenvalue weighted by Crippen LogP contribution is 2.30. The van der Waals surface area contributed by atoms with Crippen LogP contribution in [0.1, 0.15) is 25.0 Å². The van der Waals surface area contributed by atoms with Crippen molar-refractivity contribution in [3.63, 3.8) is 0 Å². The lowest BCUT2D eigenvalue weighted by molar-refractivity contribution is -0.133. The Labute approximate surface area is 153 Å². The molecule has 2 aromatic heterocycles. The molecule has 1 saturated heterocycles. The maximum absolute atomic E-state index is 12.0. The zero-order valence-corrected chi connectivity index (χ0v) is 15.5. The minimum atomic E-state index is -0.948. The fraction of sp³-hybridized carbons (Fsp3) is 0.526. The number of aliphatic hydroxyl groups is 1. The monoisotopic (exact) mass is 357 g/mol. The highest BCUT2D eigenvalue weighted by Gasteiger charge is 2.36. The molecule has 0 bridgehead atoms. The molecule has 3 N–H and O–H groups in total. The van der Waals surface area contributed by atoms with Crippen LogP contribution in [0.5, 0.6) is 0 Å². The van der Waals surface area contributed by atoms with Crippen LogP contribution in [0, 0.1) is 6.92 Å². The second-order valence-electron chi connectivity index (χ2n) is 7.19. The summed E-state index contributed by atoms with van der Waals surface area (Å²) >= 11 is 0. The first-order valence-corrected chi connectivity index (χ1v) is 9.06. The number of carbonyl (C=O) groups excluding carboxylic acids is 1. The molecule has 1 aliphatic heterocycles. The number of carbonyl (C=O) groups is 1. The van der Waals surface area contributed by atoms with Crippen molar-refractivity contribution in [3.05, 3.63) is 30.1 Å². The third-order valence-electron chi connectivity index (χ3n) is 4.91. The lowest BCUT2D eigenvalue weighted by atomic mass is 9.91. The maximum atomic E-state index is 12.0. The quantitative estimate of drug-likeness (QED) is 0.831. The highest BCUT2D eigenvalue weighted by atomic mass is 16.3. The number of hydrogen-bond donors (Lipinski definition) is 2. The van der Waals surface area contributed by atoms with E-state index >= 15 is 0 Å². The van der Waals surface area contributed by atoms with Gasteiger partial charge in [-0.05, 0) is 38.0 Å². The molecule has 7 heteroatoms. The Kier molecular flexibility index (Phi) is 5.38. The van der Waals surface area contributed by atoms with Crippen molar-refractivity contribution in [2.45, 2.75) is 31.8 Å². The van der Waals surface area contributed by atoms with Crippen LogP contribution in [0.25, 0.3) is 11.0 Å². The average molecular weight is 357 g/mol. The van der Waals surface area contributed by atoms with Gasteiger partial charge in [0.2, 0.25) is 5.91 Å². The number of aryl methyl sites for hydroxylation is 1. The summed E-state index contributed by atoms with van der Waals surface area (Å²) in [6.45, 7) is 3.89. The molecule has 7 nitrogen and oxygen atoms in total. The van der Waals surface area contributed by atoms with Gasteiger partial charge in [0.1, 0.15) is 5.52 Å². The molecular weight excluding hydrogens is 330 g/mol. The fourth-order valence-corrected chi connectivity index (χ4v) is 3.66. The lowest BCUT2D eigenvalue weighted by Gasteiger charge is -2.42. The van der Waals surface area contributed by atoms with Crippen LogP contribution < -0.4 is 10.6 Å². The molecule has 26 heavy (non-hydrogen) atoms. The molecule has 1 unspecified atom stereocenters. The molecule has 1 amide bonds. The number of likely N-dealkylation sites (N-methyl/N-ethyl adjacent to an activating group) is 1. The Morgan fingerprint density at radius 3 is 3.00 bits per heavy atom. The van der Waals surface area contributed by atoms with E-state index in [1.54, 1.807) is 18.1 Å². The molecular formula is C19H27N5O2. The number of aromatic nitrogens is 2. The van der Waals surface area contributed by atoms with E-state index in [9.17, 15) is 9.90 Å². The summed E-state index contributed by atoms with van der Waals surface area (Å²) in [5.41, 5.74) is 8.13. The number of amides is 1. The van der Waals surface area contributed by atoms with Gasteiger partial charge in [-0.25, -0.2) is 4.98 Å². The molecule has 0 spiro atoms. The summed E-state index contributed by atoms with van der Waals surface area (Å²) in [5, 5.41) is 11.1. The number of piperidine rings is 1. The van der Waals surface area contributed by atoms with Crippen LogP contribution in [-0.2, 0) is 4.79 Å². The van der Waals surface area contributed by atoms with Crippen LogP contribution >= 0.6 is 0 Å². The van der Waals surface area contributed by atoms with E-state index in [4.69, 9.17) is 5.73 Å². The van der Waals surface area contributed by atoms with Gasteiger partial charge in [0.25, 0.3) is 0 Å². The van der Waals surface area contributed by atoms with Crippen molar-refractivity contribution in [2.24, 2.45) is 5.73 Å². The van der Waals surface area contributed by atoms with E-state index in [0.717, 1.165) is 35.4 Å². The molecule has 1 fully saturated rings. The van der Waals surface area contributed by atoms with E-state index in [1.807, 2.05) is 25.1 Å². The molecule has 0 aromatic carbocycles. The van der Waals surface area contributed by atoms with Crippen LogP contribution in [0.2, 0.25) is 0 Å². The van der Waals surface area contributed by atoms with Crippen molar-refractivity contribution in [1.29, 1.82) is 0 Å². The zero-order chi connectivity index (χ0) is 18.7. The van der Waals surface area contributed by atoms with Crippen LogP contribution in [0.4, 0.5) is 5.69 Å². The standard InChI is InChI=1S/C19H27N5O2/c1-14-4-5-15-18(22-14)16(7-10-21-15)24-11-3-8-19(26,13-24)12-23(2)17(25)6-9-20/h4-5,7,10,26H,3,6,8-9,11-13,20H2,1-2H3. The zero-order valence-electron chi connectivity index (χ0n) is 15.5. The third kappa shape index (κ3) is 3.94. The van der Waals surface area contributed by atoms with Gasteiger partial charge in [-0.3, -0.25) is 9.78 Å². The van der Waals surface area contributed by atoms with E-state index < -0.39 is 5.60 Å². The van der Waals surface area contributed by atoms with Gasteiger partial charge in [-0.2, -0.15) is 0 Å². The predicted molar refractivity (Wildman–Crippen MR) is 102 cm³/mol. The summed E-state index contributed by atoms with van der Waals surface area (Å²) in [6.07, 6.45) is 3.60. The van der Waals surface area contributed by atoms with Gasteiger partial charge >= 0.3 is 0 Å². The molecule has 0 radical (unpaired) electrons. The molecule has 0 aliphatic carbocycles. The molecule has 1 aliphatic rings. The molecule has 3 rings (SSSR count). The Morgan fingerprint density at radius 1 is 1.42 bits per heavy atom. The summed E-state index contributed by atoms with van der Waals surface area (Å²) in [4.78, 5) is 24.8. The van der Waals surface area contributed by atoms with Crippen molar-refractivity contribution in [2.75, 3.05) is 38.1 Å². The van der Waals surface area contributed by atoms with Crippen LogP contribution in [0.3, 0.4) is 0 Å². The number of pyridine rings is 2. The van der Waals surface area contributed by atoms with E-state index in [-0.39, 0.29) is 5.91 Å². The maximum Gasteiger partial charge on any atom is 0.223 e. The molecule has 0 saturated carbocycles. The topological polar surface area (TPSA) is 95.6 Å². The smallest absolute Gasteiger partial charge is 0.223 e. The summed E-state index contributed by atoms with van der Waals surface area (Å²) < 4.78 is 0. The second-order valence-corrected chi connectivity index (χ2v) is 7.19. The van der Waals surface area contributed by atoms with E-state index in [0.29, 0.717) is 32.5 Å². The number of rotatable bonds is 5. The number of nitrogens with zero attached hydrogens (tertiary/aromatic N) is 4. The number of β-amino-alcohol motifs (C(OH)–C–C–N with tert-alkyl or cyclic N) is 1. The van der Waals surface area contributed by atoms with Crippen LogP contribution in [-0.4, -0.2) is 64.7 Å². The summed E-state index contributed by atoms with van der Waals surface area (Å²) in [7, 11) is 1.72. The first-order chi connectivity index (χ1) is 12.4. The van der Waals surface area contributed by atoms with Crippen molar-refractivity contribution in [3.8, 4) is 0 Å². The average Bonchev–Trinajstić information content (AvgIpc) is 2.61. The van der Waals surface area contributed by atoms with E-state index in [1.165, 1.54) is 0 Å². The van der Waals surface area contributed by atoms with Gasteiger partial charge in [0, 0.05) is 45.0 Å². The Morgan fingerprint density at radius 2 is 2.23 bits per heavy atom. The minimum absolute atomic E-state index is 0.0373. The number of fused-ring (bicyclic) bond motifs is 1. The minimum Gasteiger partial charge on any atom is -0.386 e.